The van der Waals surface area contributed by atoms with Crippen LogP contribution in [0.2, 0.25) is 0 Å². The zero-order chi connectivity index (χ0) is 23.6. The van der Waals surface area contributed by atoms with Crippen LogP contribution in [0.4, 0.5) is 0 Å². The van der Waals surface area contributed by atoms with Crippen molar-refractivity contribution in [2.75, 3.05) is 0 Å². The van der Waals surface area contributed by atoms with Crippen LogP contribution >= 0.6 is 11.3 Å². The van der Waals surface area contributed by atoms with E-state index >= 15 is 0 Å². The lowest BCUT2D eigenvalue weighted by Crippen LogP contribution is -2.29. The highest BCUT2D eigenvalue weighted by Crippen LogP contribution is 2.57. The summed E-state index contributed by atoms with van der Waals surface area (Å²) >= 11 is 1.90. The van der Waals surface area contributed by atoms with Crippen LogP contribution in [0.3, 0.4) is 0 Å². The number of hydrogen-bond donors (Lipinski definition) is 0. The van der Waals surface area contributed by atoms with Gasteiger partial charge in [-0.25, -0.2) is 0 Å². The van der Waals surface area contributed by atoms with E-state index in [0.29, 0.717) is 0 Å². The first-order valence-electron chi connectivity index (χ1n) is 12.3. The van der Waals surface area contributed by atoms with Gasteiger partial charge in [-0.2, -0.15) is 0 Å². The molecule has 0 saturated heterocycles. The minimum atomic E-state index is -0.369. The Morgan fingerprint density at radius 1 is 0.600 bits per heavy atom. The molecule has 0 radical (unpaired) electrons. The number of benzene rings is 4. The Hall–Kier alpha value is -3.68. The summed E-state index contributed by atoms with van der Waals surface area (Å²) in [5.74, 6) is 0. The molecule has 0 N–H and O–H groups in total. The van der Waals surface area contributed by atoms with Gasteiger partial charge in [-0.15, -0.1) is 11.3 Å². The average molecular weight is 467 g/mol. The minimum Gasteiger partial charge on any atom is -0.135 e. The summed E-state index contributed by atoms with van der Waals surface area (Å²) in [6, 6.07) is 35.9. The van der Waals surface area contributed by atoms with Crippen molar-refractivity contribution in [3.05, 3.63) is 149 Å². The molecule has 0 aliphatic heterocycles. The maximum atomic E-state index is 2.49. The Balaban J connectivity index is 1.67. The fourth-order valence-corrected chi connectivity index (χ4v) is 7.13. The van der Waals surface area contributed by atoms with Crippen molar-refractivity contribution in [1.29, 1.82) is 0 Å². The quantitative estimate of drug-likeness (QED) is 0.243. The molecular formula is C34H26S. The second kappa shape index (κ2) is 7.41. The van der Waals surface area contributed by atoms with E-state index in [1.54, 1.807) is 0 Å². The smallest absolute Gasteiger partial charge is 0.0713 e. The number of fused-ring (bicyclic) bond motifs is 5. The predicted octanol–water partition coefficient (Wildman–Crippen LogP) is 9.31. The van der Waals surface area contributed by atoms with E-state index in [1.807, 2.05) is 11.3 Å². The number of thiophene rings is 1. The minimum absolute atomic E-state index is 0.00529. The Labute approximate surface area is 210 Å². The van der Waals surface area contributed by atoms with Crippen LogP contribution in [-0.4, -0.2) is 0 Å². The molecule has 0 nitrogen and oxygen atoms in total. The largest absolute Gasteiger partial charge is 0.135 e. The standard InChI is InChI=1S/C34H26S/c1-33(2)19-17-25-27-22-32-28(26-15-9-10-16-31(26)35-32)21-30(27)34(29(25)18-20-33,23-11-5-3-6-12-23)24-13-7-4-8-14-24/h3-22H,1-2H3. The molecule has 0 unspecified atom stereocenters. The van der Waals surface area contributed by atoms with Gasteiger partial charge in [-0.05, 0) is 51.6 Å². The van der Waals surface area contributed by atoms with E-state index in [0.717, 1.165) is 0 Å². The highest BCUT2D eigenvalue weighted by molar-refractivity contribution is 7.25. The molecular weight excluding hydrogens is 440 g/mol. The first-order chi connectivity index (χ1) is 17.1. The fraction of sp³-hybridized carbons (Fsp3) is 0.118. The van der Waals surface area contributed by atoms with Crippen LogP contribution in [0, 0.1) is 5.41 Å². The maximum absolute atomic E-state index is 2.49. The van der Waals surface area contributed by atoms with Crippen LogP contribution in [0.1, 0.15) is 36.1 Å². The van der Waals surface area contributed by atoms with Crippen LogP contribution < -0.4 is 0 Å². The van der Waals surface area contributed by atoms with Crippen molar-refractivity contribution >= 4 is 37.1 Å². The zero-order valence-corrected chi connectivity index (χ0v) is 20.8. The van der Waals surface area contributed by atoms with E-state index < -0.39 is 0 Å². The van der Waals surface area contributed by atoms with Crippen molar-refractivity contribution in [2.45, 2.75) is 19.3 Å². The third kappa shape index (κ3) is 2.92. The number of hydrogen-bond acceptors (Lipinski definition) is 1. The normalized spacial score (nSPS) is 17.5. The summed E-state index contributed by atoms with van der Waals surface area (Å²) in [6.07, 6.45) is 9.51. The fourth-order valence-electron chi connectivity index (χ4n) is 6.01. The van der Waals surface area contributed by atoms with E-state index in [9.17, 15) is 0 Å². The average Bonchev–Trinajstić information content (AvgIpc) is 3.32. The second-order valence-corrected chi connectivity index (χ2v) is 11.4. The molecule has 1 aromatic heterocycles. The first kappa shape index (κ1) is 20.7. The maximum Gasteiger partial charge on any atom is 0.0713 e. The summed E-state index contributed by atoms with van der Waals surface area (Å²) in [5.41, 5.74) is 7.71. The van der Waals surface area contributed by atoms with Gasteiger partial charge in [0.05, 0.1) is 5.41 Å². The molecule has 0 spiro atoms. The molecule has 4 aromatic carbocycles. The van der Waals surface area contributed by atoms with Gasteiger partial charge in [0.2, 0.25) is 0 Å². The van der Waals surface area contributed by atoms with E-state index in [1.165, 1.54) is 53.6 Å². The van der Waals surface area contributed by atoms with E-state index in [4.69, 9.17) is 0 Å². The van der Waals surface area contributed by atoms with Gasteiger partial charge in [0.15, 0.2) is 0 Å². The molecule has 0 amide bonds. The highest BCUT2D eigenvalue weighted by Gasteiger charge is 2.47. The van der Waals surface area contributed by atoms with Gasteiger partial charge in [-0.1, -0.05) is 117 Å². The molecule has 5 aromatic rings. The predicted molar refractivity (Wildman–Crippen MR) is 151 cm³/mol. The molecule has 2 aliphatic carbocycles. The number of rotatable bonds is 2. The SMILES string of the molecule is CC1(C)C=CC2=C(C=C1)C(c1ccccc1)(c1ccccc1)c1cc3c(cc12)sc1ccccc13. The van der Waals surface area contributed by atoms with Crippen LogP contribution in [-0.2, 0) is 5.41 Å². The molecule has 0 fully saturated rings. The Bertz CT molecular complexity index is 1650. The summed E-state index contributed by atoms with van der Waals surface area (Å²) in [6.45, 7) is 4.57. The zero-order valence-electron chi connectivity index (χ0n) is 20.0. The Morgan fingerprint density at radius 2 is 1.23 bits per heavy atom. The topological polar surface area (TPSA) is 0 Å². The summed E-state index contributed by atoms with van der Waals surface area (Å²) in [7, 11) is 0. The van der Waals surface area contributed by atoms with E-state index in [2.05, 4.69) is 135 Å². The van der Waals surface area contributed by atoms with E-state index in [-0.39, 0.29) is 10.8 Å². The first-order valence-corrected chi connectivity index (χ1v) is 13.1. The van der Waals surface area contributed by atoms with Crippen molar-refractivity contribution < 1.29 is 0 Å². The summed E-state index contributed by atoms with van der Waals surface area (Å²) < 4.78 is 2.71. The van der Waals surface area contributed by atoms with Crippen molar-refractivity contribution in [3.63, 3.8) is 0 Å². The van der Waals surface area contributed by atoms with Crippen LogP contribution in [0.5, 0.6) is 0 Å². The van der Waals surface area contributed by atoms with Crippen molar-refractivity contribution in [1.82, 2.24) is 0 Å². The lowest BCUT2D eigenvalue weighted by atomic mass is 9.66. The van der Waals surface area contributed by atoms with Gasteiger partial charge < -0.3 is 0 Å². The van der Waals surface area contributed by atoms with Gasteiger partial charge >= 0.3 is 0 Å². The van der Waals surface area contributed by atoms with Gasteiger partial charge in [0.25, 0.3) is 0 Å². The second-order valence-electron chi connectivity index (χ2n) is 10.3. The molecule has 2 aliphatic rings. The highest BCUT2D eigenvalue weighted by atomic mass is 32.1. The van der Waals surface area contributed by atoms with Gasteiger partial charge in [0.1, 0.15) is 0 Å². The Kier molecular flexibility index (Phi) is 4.38. The third-order valence-corrected chi connectivity index (χ3v) is 8.81. The van der Waals surface area contributed by atoms with Crippen LogP contribution in [0.25, 0.3) is 25.7 Å². The van der Waals surface area contributed by atoms with Crippen LogP contribution in [0.15, 0.2) is 127 Å². The van der Waals surface area contributed by atoms with Crippen molar-refractivity contribution in [2.24, 2.45) is 5.41 Å². The molecule has 0 bridgehead atoms. The lowest BCUT2D eigenvalue weighted by molar-refractivity contribution is 0.625. The molecule has 0 saturated carbocycles. The molecule has 1 heterocycles. The third-order valence-electron chi connectivity index (χ3n) is 7.68. The monoisotopic (exact) mass is 466 g/mol. The lowest BCUT2D eigenvalue weighted by Gasteiger charge is -2.35. The van der Waals surface area contributed by atoms with Gasteiger partial charge in [0, 0.05) is 25.6 Å². The van der Waals surface area contributed by atoms with Crippen molar-refractivity contribution in [3.8, 4) is 0 Å². The summed E-state index contributed by atoms with van der Waals surface area (Å²) in [4.78, 5) is 0. The number of allylic oxidation sites excluding steroid dienone is 6. The molecule has 7 rings (SSSR count). The summed E-state index contributed by atoms with van der Waals surface area (Å²) in [5, 5.41) is 2.70. The van der Waals surface area contributed by atoms with Gasteiger partial charge in [-0.3, -0.25) is 0 Å². The molecule has 35 heavy (non-hydrogen) atoms. The molecule has 0 atom stereocenters. The molecule has 168 valence electrons. The Morgan fingerprint density at radius 3 is 1.94 bits per heavy atom. The molecule has 1 heteroatoms.